The van der Waals surface area contributed by atoms with Crippen LogP contribution in [0.2, 0.25) is 0 Å². The van der Waals surface area contributed by atoms with Crippen molar-refractivity contribution in [3.8, 4) is 0 Å². The van der Waals surface area contributed by atoms with Crippen LogP contribution in [0.25, 0.3) is 0 Å². The van der Waals surface area contributed by atoms with Crippen molar-refractivity contribution in [1.82, 2.24) is 15.1 Å². The third-order valence-corrected chi connectivity index (χ3v) is 4.01. The zero-order valence-electron chi connectivity index (χ0n) is 10.4. The van der Waals surface area contributed by atoms with Gasteiger partial charge in [0.15, 0.2) is 5.82 Å². The predicted molar refractivity (Wildman–Crippen MR) is 75.7 cm³/mol. The van der Waals surface area contributed by atoms with E-state index in [0.29, 0.717) is 13.1 Å². The Morgan fingerprint density at radius 1 is 1.33 bits per heavy atom. The van der Waals surface area contributed by atoms with Gasteiger partial charge >= 0.3 is 6.09 Å². The normalized spacial score (nSPS) is 15.7. The van der Waals surface area contributed by atoms with Crippen molar-refractivity contribution < 1.29 is 9.53 Å². The molecule has 0 N–H and O–H groups in total. The summed E-state index contributed by atoms with van der Waals surface area (Å²) < 4.78 is 5.63. The number of anilines is 1. The number of hydrogen-bond donors (Lipinski definition) is 0. The Morgan fingerprint density at radius 2 is 2.00 bits per heavy atom. The van der Waals surface area contributed by atoms with Crippen LogP contribution in [-0.4, -0.2) is 54.5 Å². The molecule has 2 heterocycles. The summed E-state index contributed by atoms with van der Waals surface area (Å²) in [7, 11) is 1.41. The van der Waals surface area contributed by atoms with Gasteiger partial charge in [-0.1, -0.05) is 0 Å². The van der Waals surface area contributed by atoms with Gasteiger partial charge in [-0.25, -0.2) is 4.79 Å². The standard InChI is InChI=1S/C11H15IN4O2/c1-8-7-9(13-14-10(8)12)15-3-5-16(6-4-15)11(17)18-2/h7H,3-6H2,1-2H3. The fourth-order valence-corrected chi connectivity index (χ4v) is 2.12. The number of carbonyl (C=O) groups is 1. The first-order chi connectivity index (χ1) is 8.61. The molecule has 1 aromatic rings. The van der Waals surface area contributed by atoms with Gasteiger partial charge in [0.25, 0.3) is 0 Å². The number of piperazine rings is 1. The Labute approximate surface area is 119 Å². The molecular formula is C11H15IN4O2. The fourth-order valence-electron chi connectivity index (χ4n) is 1.86. The van der Waals surface area contributed by atoms with Crippen LogP contribution in [0.4, 0.5) is 10.6 Å². The van der Waals surface area contributed by atoms with E-state index in [9.17, 15) is 4.79 Å². The van der Waals surface area contributed by atoms with E-state index in [0.717, 1.165) is 28.2 Å². The Hall–Kier alpha value is -1.12. The van der Waals surface area contributed by atoms with Gasteiger partial charge < -0.3 is 14.5 Å². The topological polar surface area (TPSA) is 58.6 Å². The molecule has 0 radical (unpaired) electrons. The van der Waals surface area contributed by atoms with E-state index in [1.807, 2.05) is 13.0 Å². The molecule has 0 spiro atoms. The summed E-state index contributed by atoms with van der Waals surface area (Å²) in [5.41, 5.74) is 1.12. The first kappa shape index (κ1) is 13.3. The lowest BCUT2D eigenvalue weighted by Crippen LogP contribution is -2.49. The van der Waals surface area contributed by atoms with Crippen LogP contribution in [-0.2, 0) is 4.74 Å². The second-order valence-electron chi connectivity index (χ2n) is 4.12. The average Bonchev–Trinajstić information content (AvgIpc) is 2.41. The molecule has 1 saturated heterocycles. The molecule has 7 heteroatoms. The highest BCUT2D eigenvalue weighted by atomic mass is 127. The minimum Gasteiger partial charge on any atom is -0.453 e. The summed E-state index contributed by atoms with van der Waals surface area (Å²) in [6.45, 7) is 4.83. The Kier molecular flexibility index (Phi) is 4.20. The number of rotatable bonds is 1. The van der Waals surface area contributed by atoms with Crippen LogP contribution in [0.5, 0.6) is 0 Å². The fraction of sp³-hybridized carbons (Fsp3) is 0.545. The number of methoxy groups -OCH3 is 1. The third-order valence-electron chi connectivity index (χ3n) is 2.95. The molecule has 0 atom stereocenters. The molecule has 18 heavy (non-hydrogen) atoms. The summed E-state index contributed by atoms with van der Waals surface area (Å²) in [4.78, 5) is 15.2. The molecule has 0 unspecified atom stereocenters. The van der Waals surface area contributed by atoms with E-state index in [2.05, 4.69) is 37.7 Å². The maximum Gasteiger partial charge on any atom is 0.409 e. The van der Waals surface area contributed by atoms with Crippen molar-refractivity contribution in [3.05, 3.63) is 15.3 Å². The molecular weight excluding hydrogens is 347 g/mol. The largest absolute Gasteiger partial charge is 0.453 e. The molecule has 0 aromatic carbocycles. The molecule has 0 bridgehead atoms. The number of aryl methyl sites for hydroxylation is 1. The van der Waals surface area contributed by atoms with Gasteiger partial charge in [-0.05, 0) is 41.1 Å². The van der Waals surface area contributed by atoms with Crippen molar-refractivity contribution >= 4 is 34.5 Å². The van der Waals surface area contributed by atoms with Crippen molar-refractivity contribution in [3.63, 3.8) is 0 Å². The summed E-state index contributed by atoms with van der Waals surface area (Å²) in [6.07, 6.45) is -0.264. The van der Waals surface area contributed by atoms with E-state index in [-0.39, 0.29) is 6.09 Å². The highest BCUT2D eigenvalue weighted by molar-refractivity contribution is 14.1. The summed E-state index contributed by atoms with van der Waals surface area (Å²) in [5.74, 6) is 0.873. The lowest BCUT2D eigenvalue weighted by atomic mass is 10.3. The monoisotopic (exact) mass is 362 g/mol. The predicted octanol–water partition coefficient (Wildman–Crippen LogP) is 1.28. The van der Waals surface area contributed by atoms with Gasteiger partial charge in [0, 0.05) is 26.2 Å². The highest BCUT2D eigenvalue weighted by Gasteiger charge is 2.22. The van der Waals surface area contributed by atoms with Crippen molar-refractivity contribution in [2.75, 3.05) is 38.2 Å². The Morgan fingerprint density at radius 3 is 2.56 bits per heavy atom. The molecule has 98 valence electrons. The molecule has 0 aliphatic carbocycles. The quantitative estimate of drug-likeness (QED) is 0.705. The molecule has 1 fully saturated rings. The number of nitrogens with zero attached hydrogens (tertiary/aromatic N) is 4. The molecule has 0 saturated carbocycles. The van der Waals surface area contributed by atoms with Crippen LogP contribution in [0.3, 0.4) is 0 Å². The van der Waals surface area contributed by atoms with Crippen molar-refractivity contribution in [2.45, 2.75) is 6.92 Å². The Bertz CT molecular complexity index is 447. The van der Waals surface area contributed by atoms with Gasteiger partial charge in [0.1, 0.15) is 3.70 Å². The van der Waals surface area contributed by atoms with Gasteiger partial charge in [0.05, 0.1) is 7.11 Å². The van der Waals surface area contributed by atoms with Crippen LogP contribution >= 0.6 is 22.6 Å². The first-order valence-electron chi connectivity index (χ1n) is 5.69. The van der Waals surface area contributed by atoms with E-state index >= 15 is 0 Å². The smallest absolute Gasteiger partial charge is 0.409 e. The van der Waals surface area contributed by atoms with Crippen LogP contribution in [0.1, 0.15) is 5.56 Å². The Balaban J connectivity index is 2.01. The minimum absolute atomic E-state index is 0.264. The average molecular weight is 362 g/mol. The van der Waals surface area contributed by atoms with E-state index in [1.165, 1.54) is 7.11 Å². The molecule has 1 aliphatic rings. The summed E-state index contributed by atoms with van der Waals surface area (Å²) in [6, 6.07) is 2.03. The molecule has 2 rings (SSSR count). The van der Waals surface area contributed by atoms with Crippen LogP contribution < -0.4 is 4.90 Å². The maximum absolute atomic E-state index is 11.4. The van der Waals surface area contributed by atoms with Gasteiger partial charge in [0.2, 0.25) is 0 Å². The second kappa shape index (κ2) is 5.68. The van der Waals surface area contributed by atoms with E-state index in [1.54, 1.807) is 4.90 Å². The SMILES string of the molecule is COC(=O)N1CCN(c2cc(C)c(I)nn2)CC1. The summed E-state index contributed by atoms with van der Waals surface area (Å²) >= 11 is 2.17. The van der Waals surface area contributed by atoms with Crippen molar-refractivity contribution in [2.24, 2.45) is 0 Å². The number of carbonyl (C=O) groups excluding carboxylic acids is 1. The minimum atomic E-state index is -0.264. The lowest BCUT2D eigenvalue weighted by Gasteiger charge is -2.34. The second-order valence-corrected chi connectivity index (χ2v) is 5.14. The van der Waals surface area contributed by atoms with Gasteiger partial charge in [-0.2, -0.15) is 0 Å². The van der Waals surface area contributed by atoms with E-state index < -0.39 is 0 Å². The maximum atomic E-state index is 11.4. The number of amides is 1. The van der Waals surface area contributed by atoms with Gasteiger partial charge in [-0.15, -0.1) is 10.2 Å². The zero-order valence-corrected chi connectivity index (χ0v) is 12.5. The molecule has 1 aromatic heterocycles. The summed E-state index contributed by atoms with van der Waals surface area (Å²) in [5, 5.41) is 8.30. The molecule has 1 aliphatic heterocycles. The van der Waals surface area contributed by atoms with Crippen LogP contribution in [0.15, 0.2) is 6.07 Å². The van der Waals surface area contributed by atoms with Crippen molar-refractivity contribution in [1.29, 1.82) is 0 Å². The number of aromatic nitrogens is 2. The van der Waals surface area contributed by atoms with Crippen LogP contribution in [0, 0.1) is 10.6 Å². The van der Waals surface area contributed by atoms with Gasteiger partial charge in [-0.3, -0.25) is 0 Å². The van der Waals surface area contributed by atoms with E-state index in [4.69, 9.17) is 4.74 Å². The highest BCUT2D eigenvalue weighted by Crippen LogP contribution is 2.17. The number of ether oxygens (including phenoxy) is 1. The lowest BCUT2D eigenvalue weighted by molar-refractivity contribution is 0.121. The molecule has 1 amide bonds. The number of halogens is 1. The zero-order chi connectivity index (χ0) is 13.1. The third kappa shape index (κ3) is 2.82. The first-order valence-corrected chi connectivity index (χ1v) is 6.77. The molecule has 6 nitrogen and oxygen atoms in total. The number of hydrogen-bond acceptors (Lipinski definition) is 5.